The van der Waals surface area contributed by atoms with E-state index >= 15 is 0 Å². The largest absolute Gasteiger partial charge is 0.451 e. The van der Waals surface area contributed by atoms with E-state index in [0.29, 0.717) is 17.2 Å². The van der Waals surface area contributed by atoms with Crippen LogP contribution >= 0.6 is 11.3 Å². The molecule has 4 rings (SSSR count). The van der Waals surface area contributed by atoms with E-state index in [2.05, 4.69) is 25.0 Å². The van der Waals surface area contributed by atoms with Crippen LogP contribution in [-0.4, -0.2) is 77.9 Å². The van der Waals surface area contributed by atoms with Gasteiger partial charge in [0.1, 0.15) is 29.4 Å². The first-order valence-corrected chi connectivity index (χ1v) is 11.2. The Bertz CT molecular complexity index is 1230. The Balaban J connectivity index is 1.60. The minimum absolute atomic E-state index is 0.0168. The average molecular weight is 536 g/mol. The van der Waals surface area contributed by atoms with E-state index in [1.54, 1.807) is 6.92 Å². The van der Waals surface area contributed by atoms with Gasteiger partial charge in [0, 0.05) is 37.6 Å². The lowest BCUT2D eigenvalue weighted by Gasteiger charge is -2.41. The monoisotopic (exact) mass is 536 g/mol. The van der Waals surface area contributed by atoms with Crippen molar-refractivity contribution in [1.29, 1.82) is 0 Å². The van der Waals surface area contributed by atoms with Crippen LogP contribution in [0.25, 0.3) is 11.3 Å². The number of carbonyl (C=O) groups excluding carboxylic acids is 1. The molecule has 10 nitrogen and oxygen atoms in total. The number of thiazole rings is 1. The van der Waals surface area contributed by atoms with Crippen molar-refractivity contribution < 1.29 is 36.2 Å². The zero-order valence-corrected chi connectivity index (χ0v) is 19.3. The highest BCUT2D eigenvalue weighted by Crippen LogP contribution is 2.43. The summed E-state index contributed by atoms with van der Waals surface area (Å²) in [5.74, 6) is -1.33. The van der Waals surface area contributed by atoms with Crippen molar-refractivity contribution in [3.63, 3.8) is 0 Å². The van der Waals surface area contributed by atoms with Gasteiger partial charge in [-0.1, -0.05) is 11.3 Å². The number of alkyl halides is 6. The number of aromatic nitrogens is 6. The number of rotatable bonds is 5. The first-order valence-electron chi connectivity index (χ1n) is 10.4. The molecule has 1 saturated heterocycles. The Kier molecular flexibility index (Phi) is 6.87. The molecule has 3 aromatic heterocycles. The van der Waals surface area contributed by atoms with Gasteiger partial charge in [-0.05, 0) is 6.92 Å². The van der Waals surface area contributed by atoms with Crippen molar-refractivity contribution in [3.8, 4) is 11.3 Å². The average Bonchev–Trinajstić information content (AvgIpc) is 3.44. The van der Waals surface area contributed by atoms with Crippen LogP contribution in [0.1, 0.15) is 16.7 Å². The maximum Gasteiger partial charge on any atom is 0.451 e. The molecule has 1 unspecified atom stereocenters. The van der Waals surface area contributed by atoms with Crippen LogP contribution in [0.5, 0.6) is 0 Å². The summed E-state index contributed by atoms with van der Waals surface area (Å²) in [6, 6.07) is -0.760. The molecule has 1 aliphatic heterocycles. The van der Waals surface area contributed by atoms with Crippen LogP contribution in [0.3, 0.4) is 0 Å². The van der Waals surface area contributed by atoms with Crippen molar-refractivity contribution in [1.82, 2.24) is 34.6 Å². The topological polar surface area (TPSA) is 113 Å². The van der Waals surface area contributed by atoms with Crippen LogP contribution in [0, 0.1) is 6.92 Å². The predicted octanol–water partition coefficient (Wildman–Crippen LogP) is 2.25. The number of piperazine rings is 1. The summed E-state index contributed by atoms with van der Waals surface area (Å²) in [4.78, 5) is 29.7. The predicted molar refractivity (Wildman–Crippen MR) is 113 cm³/mol. The molecule has 194 valence electrons. The Morgan fingerprint density at radius 1 is 1.11 bits per heavy atom. The SMILES string of the molecule is Cc1ncn(CC(=O)N2CCN(c3sc(C(F)(F)F)nc3-c3cnc(C(F)(F)F)nc3)CC2CO)n1. The van der Waals surface area contributed by atoms with Crippen LogP contribution in [0.2, 0.25) is 0 Å². The number of halogens is 6. The van der Waals surface area contributed by atoms with Gasteiger partial charge in [0.2, 0.25) is 16.7 Å². The molecule has 0 spiro atoms. The quantitative estimate of drug-likeness (QED) is 0.495. The zero-order chi connectivity index (χ0) is 26.3. The number of aryl methyl sites for hydroxylation is 1. The molecule has 0 bridgehead atoms. The van der Waals surface area contributed by atoms with Gasteiger partial charge in [-0.15, -0.1) is 0 Å². The lowest BCUT2D eigenvalue weighted by molar-refractivity contribution is -0.145. The smallest absolute Gasteiger partial charge is 0.394 e. The standard InChI is InChI=1S/C19H18F6N8O2S/c1-10-28-9-32(30-10)7-13(35)33-3-2-31(6-12(33)8-34)15-14(29-17(36-15)19(23,24)25)11-4-26-16(27-5-11)18(20,21)22/h4-5,9,12,34H,2-3,6-8H2,1H3. The summed E-state index contributed by atoms with van der Waals surface area (Å²) >= 11 is 0.310. The Morgan fingerprint density at radius 2 is 1.81 bits per heavy atom. The molecular formula is C19H18F6N8O2S. The molecule has 17 heteroatoms. The first-order chi connectivity index (χ1) is 16.9. The molecule has 0 aromatic carbocycles. The summed E-state index contributed by atoms with van der Waals surface area (Å²) in [6.07, 6.45) is -6.71. The molecule has 0 saturated carbocycles. The summed E-state index contributed by atoms with van der Waals surface area (Å²) in [5.41, 5.74) is -0.374. The van der Waals surface area contributed by atoms with Crippen LogP contribution in [0.15, 0.2) is 18.7 Å². The van der Waals surface area contributed by atoms with Gasteiger partial charge in [-0.2, -0.15) is 31.4 Å². The van der Waals surface area contributed by atoms with Gasteiger partial charge in [-0.25, -0.2) is 24.6 Å². The fraction of sp³-hybridized carbons (Fsp3) is 0.474. The Morgan fingerprint density at radius 3 is 2.36 bits per heavy atom. The van der Waals surface area contributed by atoms with E-state index in [9.17, 15) is 36.2 Å². The van der Waals surface area contributed by atoms with Gasteiger partial charge >= 0.3 is 12.4 Å². The minimum atomic E-state index is -4.82. The maximum absolute atomic E-state index is 13.4. The van der Waals surface area contributed by atoms with E-state index < -0.39 is 35.8 Å². The summed E-state index contributed by atoms with van der Waals surface area (Å²) in [7, 11) is 0. The number of aliphatic hydroxyl groups is 1. The highest BCUT2D eigenvalue weighted by Gasteiger charge is 2.39. The minimum Gasteiger partial charge on any atom is -0.394 e. The third-order valence-electron chi connectivity index (χ3n) is 5.28. The second kappa shape index (κ2) is 9.61. The number of anilines is 1. The van der Waals surface area contributed by atoms with Crippen molar-refractivity contribution in [2.75, 3.05) is 31.1 Å². The molecule has 0 aliphatic carbocycles. The Hall–Kier alpha value is -3.34. The van der Waals surface area contributed by atoms with Gasteiger partial charge in [0.15, 0.2) is 0 Å². The zero-order valence-electron chi connectivity index (χ0n) is 18.5. The number of carbonyl (C=O) groups is 1. The van der Waals surface area contributed by atoms with Gasteiger partial charge in [0.05, 0.1) is 12.6 Å². The highest BCUT2D eigenvalue weighted by atomic mass is 32.1. The number of hydrogen-bond acceptors (Lipinski definition) is 9. The maximum atomic E-state index is 13.4. The molecule has 1 aliphatic rings. The van der Waals surface area contributed by atoms with Crippen LogP contribution in [-0.2, 0) is 23.7 Å². The fourth-order valence-electron chi connectivity index (χ4n) is 3.65. The number of nitrogens with zero attached hydrogens (tertiary/aromatic N) is 8. The summed E-state index contributed by atoms with van der Waals surface area (Å²) in [6.45, 7) is 1.17. The van der Waals surface area contributed by atoms with Crippen molar-refractivity contribution in [3.05, 3.63) is 35.4 Å². The third-order valence-corrected chi connectivity index (χ3v) is 6.44. The molecule has 1 atom stereocenters. The molecule has 0 radical (unpaired) electrons. The molecule has 3 aromatic rings. The van der Waals surface area contributed by atoms with Gasteiger partial charge in [-0.3, -0.25) is 4.79 Å². The number of hydrogen-bond donors (Lipinski definition) is 1. The Labute approximate surface area is 203 Å². The van der Waals surface area contributed by atoms with Crippen molar-refractivity contribution in [2.45, 2.75) is 31.9 Å². The molecular weight excluding hydrogens is 518 g/mol. The molecule has 1 fully saturated rings. The van der Waals surface area contributed by atoms with E-state index in [4.69, 9.17) is 0 Å². The number of aliphatic hydroxyl groups excluding tert-OH is 1. The molecule has 1 amide bonds. The fourth-order valence-corrected chi connectivity index (χ4v) is 4.64. The molecule has 4 heterocycles. The van der Waals surface area contributed by atoms with E-state index in [0.717, 1.165) is 12.4 Å². The van der Waals surface area contributed by atoms with E-state index in [1.165, 1.54) is 20.8 Å². The van der Waals surface area contributed by atoms with Crippen LogP contribution < -0.4 is 4.90 Å². The normalized spacial score (nSPS) is 17.1. The van der Waals surface area contributed by atoms with Crippen molar-refractivity contribution in [2.24, 2.45) is 0 Å². The summed E-state index contributed by atoms with van der Waals surface area (Å²) < 4.78 is 80.1. The molecule has 36 heavy (non-hydrogen) atoms. The van der Waals surface area contributed by atoms with Crippen molar-refractivity contribution >= 4 is 22.2 Å². The molecule has 1 N–H and O–H groups in total. The van der Waals surface area contributed by atoms with Crippen LogP contribution in [0.4, 0.5) is 31.3 Å². The van der Waals surface area contributed by atoms with E-state index in [-0.39, 0.29) is 48.3 Å². The second-order valence-electron chi connectivity index (χ2n) is 7.82. The lowest BCUT2D eigenvalue weighted by Crippen LogP contribution is -2.57. The van der Waals surface area contributed by atoms with E-state index in [1.807, 2.05) is 0 Å². The second-order valence-corrected chi connectivity index (χ2v) is 8.80. The summed E-state index contributed by atoms with van der Waals surface area (Å²) in [5, 5.41) is 12.8. The highest BCUT2D eigenvalue weighted by molar-refractivity contribution is 7.16. The van der Waals surface area contributed by atoms with Gasteiger partial charge < -0.3 is 14.9 Å². The first kappa shape index (κ1) is 25.7. The third kappa shape index (κ3) is 5.40. The van der Waals surface area contributed by atoms with Gasteiger partial charge in [0.25, 0.3) is 0 Å². The number of amides is 1. The lowest BCUT2D eigenvalue weighted by atomic mass is 10.1.